The fourth-order valence-corrected chi connectivity index (χ4v) is 3.90. The van der Waals surface area contributed by atoms with E-state index in [0.717, 1.165) is 38.3 Å². The Morgan fingerprint density at radius 3 is 2.46 bits per heavy atom. The number of carbonyl (C=O) groups excluding carboxylic acids is 1. The summed E-state index contributed by atoms with van der Waals surface area (Å²) < 4.78 is 0. The van der Waals surface area contributed by atoms with Crippen LogP contribution in [-0.4, -0.2) is 70.0 Å². The molecule has 0 aromatic carbocycles. The molecule has 28 heavy (non-hydrogen) atoms. The zero-order valence-corrected chi connectivity index (χ0v) is 16.6. The largest absolute Gasteiger partial charge is 0.341 e. The summed E-state index contributed by atoms with van der Waals surface area (Å²) in [7, 11) is 0. The maximum Gasteiger partial charge on any atom is 0.272 e. The molecule has 2 saturated heterocycles. The minimum atomic E-state index is -0.0227. The van der Waals surface area contributed by atoms with Crippen molar-refractivity contribution in [3.05, 3.63) is 35.9 Å². The molecule has 4 heterocycles. The molecule has 2 aliphatic rings. The second-order valence-electron chi connectivity index (χ2n) is 7.72. The molecule has 4 rings (SSSR count). The van der Waals surface area contributed by atoms with Crippen molar-refractivity contribution < 1.29 is 4.79 Å². The molecule has 0 aliphatic carbocycles. The Labute approximate surface area is 165 Å². The van der Waals surface area contributed by atoms with Gasteiger partial charge in [0.1, 0.15) is 5.69 Å². The van der Waals surface area contributed by atoms with Crippen molar-refractivity contribution in [2.45, 2.75) is 26.7 Å². The highest BCUT2D eigenvalue weighted by Gasteiger charge is 2.26. The van der Waals surface area contributed by atoms with Crippen molar-refractivity contribution in [2.24, 2.45) is 5.92 Å². The summed E-state index contributed by atoms with van der Waals surface area (Å²) in [6.45, 7) is 8.80. The van der Waals surface area contributed by atoms with Crippen LogP contribution in [-0.2, 0) is 0 Å². The lowest BCUT2D eigenvalue weighted by molar-refractivity contribution is 0.0740. The van der Waals surface area contributed by atoms with Gasteiger partial charge in [0, 0.05) is 57.4 Å². The van der Waals surface area contributed by atoms with Crippen molar-refractivity contribution in [3.63, 3.8) is 0 Å². The lowest BCUT2D eigenvalue weighted by atomic mass is 10.0. The zero-order chi connectivity index (χ0) is 19.5. The molecule has 1 amide bonds. The molecular formula is C20H27N7O. The first kappa shape index (κ1) is 18.6. The lowest BCUT2D eigenvalue weighted by Crippen LogP contribution is -2.49. The van der Waals surface area contributed by atoms with Gasteiger partial charge in [0.05, 0.1) is 0 Å². The Morgan fingerprint density at radius 2 is 1.75 bits per heavy atom. The van der Waals surface area contributed by atoms with Crippen LogP contribution in [0.15, 0.2) is 24.5 Å². The van der Waals surface area contributed by atoms with Crippen LogP contribution in [0.2, 0.25) is 0 Å². The molecule has 8 nitrogen and oxygen atoms in total. The number of rotatable bonds is 3. The van der Waals surface area contributed by atoms with Gasteiger partial charge in [-0.3, -0.25) is 4.79 Å². The van der Waals surface area contributed by atoms with Gasteiger partial charge in [-0.2, -0.15) is 0 Å². The van der Waals surface area contributed by atoms with E-state index >= 15 is 0 Å². The van der Waals surface area contributed by atoms with Gasteiger partial charge in [0.25, 0.3) is 5.91 Å². The van der Waals surface area contributed by atoms with Crippen LogP contribution < -0.4 is 9.80 Å². The molecule has 2 aromatic heterocycles. The van der Waals surface area contributed by atoms with Crippen molar-refractivity contribution in [1.29, 1.82) is 0 Å². The molecular weight excluding hydrogens is 354 g/mol. The third kappa shape index (κ3) is 4.05. The van der Waals surface area contributed by atoms with E-state index in [0.29, 0.717) is 36.6 Å². The molecule has 0 N–H and O–H groups in total. The van der Waals surface area contributed by atoms with Gasteiger partial charge in [-0.25, -0.2) is 19.9 Å². The van der Waals surface area contributed by atoms with Crippen LogP contribution in [0.3, 0.4) is 0 Å². The van der Waals surface area contributed by atoms with Gasteiger partial charge in [0.2, 0.25) is 11.9 Å². The van der Waals surface area contributed by atoms with E-state index in [1.165, 1.54) is 6.42 Å². The standard InChI is InChI=1S/C20H27N7O/c1-15-5-3-8-27(14-15)20-23-16(2)13-17(24-20)18(28)25-9-11-26(12-10-25)19-21-6-4-7-22-19/h4,6-7,13,15H,3,5,8-12,14H2,1-2H3. The van der Waals surface area contributed by atoms with E-state index < -0.39 is 0 Å². The third-order valence-corrected chi connectivity index (χ3v) is 5.40. The van der Waals surface area contributed by atoms with E-state index in [1.54, 1.807) is 24.5 Å². The Kier molecular flexibility index (Phi) is 5.36. The number of nitrogens with zero attached hydrogens (tertiary/aromatic N) is 7. The van der Waals surface area contributed by atoms with Crippen LogP contribution in [0.25, 0.3) is 0 Å². The fraction of sp³-hybridized carbons (Fsp3) is 0.550. The Bertz CT molecular complexity index is 821. The minimum absolute atomic E-state index is 0.0227. The number of piperazine rings is 1. The highest BCUT2D eigenvalue weighted by Crippen LogP contribution is 2.21. The molecule has 2 aromatic rings. The lowest BCUT2D eigenvalue weighted by Gasteiger charge is -2.35. The van der Waals surface area contributed by atoms with Gasteiger partial charge in [-0.1, -0.05) is 6.92 Å². The molecule has 148 valence electrons. The predicted molar refractivity (Wildman–Crippen MR) is 108 cm³/mol. The molecule has 0 bridgehead atoms. The van der Waals surface area contributed by atoms with Crippen molar-refractivity contribution >= 4 is 17.8 Å². The average molecular weight is 381 g/mol. The van der Waals surface area contributed by atoms with Crippen molar-refractivity contribution in [2.75, 3.05) is 49.1 Å². The number of carbonyl (C=O) groups is 1. The van der Waals surface area contributed by atoms with E-state index in [4.69, 9.17) is 0 Å². The van der Waals surface area contributed by atoms with Crippen molar-refractivity contribution in [3.8, 4) is 0 Å². The van der Waals surface area contributed by atoms with Gasteiger partial charge in [-0.05, 0) is 37.8 Å². The number of piperidine rings is 1. The summed E-state index contributed by atoms with van der Waals surface area (Å²) in [6, 6.07) is 3.60. The van der Waals surface area contributed by atoms with Gasteiger partial charge in [-0.15, -0.1) is 0 Å². The normalized spacial score (nSPS) is 20.4. The summed E-state index contributed by atoms with van der Waals surface area (Å²) in [5.41, 5.74) is 1.33. The molecule has 0 saturated carbocycles. The van der Waals surface area contributed by atoms with E-state index in [1.807, 2.05) is 11.8 Å². The molecule has 2 fully saturated rings. The highest BCUT2D eigenvalue weighted by molar-refractivity contribution is 5.92. The molecule has 2 aliphatic heterocycles. The number of anilines is 2. The number of hydrogen-bond acceptors (Lipinski definition) is 7. The van der Waals surface area contributed by atoms with Crippen LogP contribution in [0.1, 0.15) is 35.9 Å². The maximum atomic E-state index is 13.1. The van der Waals surface area contributed by atoms with Gasteiger partial charge in [0.15, 0.2) is 0 Å². The summed E-state index contributed by atoms with van der Waals surface area (Å²) in [5, 5.41) is 0. The number of amides is 1. The smallest absolute Gasteiger partial charge is 0.272 e. The first-order valence-electron chi connectivity index (χ1n) is 10.0. The van der Waals surface area contributed by atoms with E-state index in [-0.39, 0.29) is 5.91 Å². The van der Waals surface area contributed by atoms with Crippen molar-refractivity contribution in [1.82, 2.24) is 24.8 Å². The Morgan fingerprint density at radius 1 is 1.00 bits per heavy atom. The monoisotopic (exact) mass is 381 g/mol. The highest BCUT2D eigenvalue weighted by atomic mass is 16.2. The van der Waals surface area contributed by atoms with E-state index in [2.05, 4.69) is 36.7 Å². The summed E-state index contributed by atoms with van der Waals surface area (Å²) >= 11 is 0. The fourth-order valence-electron chi connectivity index (χ4n) is 3.90. The molecule has 1 unspecified atom stereocenters. The van der Waals surface area contributed by atoms with Crippen LogP contribution in [0, 0.1) is 12.8 Å². The summed E-state index contributed by atoms with van der Waals surface area (Å²) in [5.74, 6) is 2.01. The van der Waals surface area contributed by atoms with Crippen LogP contribution >= 0.6 is 0 Å². The third-order valence-electron chi connectivity index (χ3n) is 5.40. The summed E-state index contributed by atoms with van der Waals surface area (Å²) in [6.07, 6.45) is 5.87. The predicted octanol–water partition coefficient (Wildman–Crippen LogP) is 1.77. The number of aryl methyl sites for hydroxylation is 1. The molecule has 0 radical (unpaired) electrons. The minimum Gasteiger partial charge on any atom is -0.341 e. The first-order valence-corrected chi connectivity index (χ1v) is 10.0. The average Bonchev–Trinajstić information content (AvgIpc) is 2.73. The van der Waals surface area contributed by atoms with Crippen LogP contribution in [0.5, 0.6) is 0 Å². The number of hydrogen-bond donors (Lipinski definition) is 0. The first-order chi connectivity index (χ1) is 13.6. The van der Waals surface area contributed by atoms with Gasteiger partial charge >= 0.3 is 0 Å². The Hall–Kier alpha value is -2.77. The van der Waals surface area contributed by atoms with Gasteiger partial charge < -0.3 is 14.7 Å². The Balaban J connectivity index is 1.45. The maximum absolute atomic E-state index is 13.1. The zero-order valence-electron chi connectivity index (χ0n) is 16.6. The molecule has 8 heteroatoms. The van der Waals surface area contributed by atoms with Crippen LogP contribution in [0.4, 0.5) is 11.9 Å². The summed E-state index contributed by atoms with van der Waals surface area (Å²) in [4.78, 5) is 37.1. The SMILES string of the molecule is Cc1cc(C(=O)N2CCN(c3ncccn3)CC2)nc(N2CCCC(C)C2)n1. The molecule has 1 atom stereocenters. The second-order valence-corrected chi connectivity index (χ2v) is 7.72. The van der Waals surface area contributed by atoms with E-state index in [9.17, 15) is 4.79 Å². The number of aromatic nitrogens is 4. The molecule has 0 spiro atoms. The quantitative estimate of drug-likeness (QED) is 0.802. The second kappa shape index (κ2) is 8.08. The topological polar surface area (TPSA) is 78.4 Å².